The Hall–Kier alpha value is -2.86. The highest BCUT2D eigenvalue weighted by atomic mass is 32.2. The molecule has 132 valence electrons. The predicted molar refractivity (Wildman–Crippen MR) is 101 cm³/mol. The van der Waals surface area contributed by atoms with Gasteiger partial charge in [-0.25, -0.2) is 12.8 Å². The van der Waals surface area contributed by atoms with Crippen LogP contribution in [0.3, 0.4) is 0 Å². The van der Waals surface area contributed by atoms with Crippen LogP contribution in [0.4, 0.5) is 10.1 Å². The van der Waals surface area contributed by atoms with E-state index in [1.165, 1.54) is 12.1 Å². The predicted octanol–water partition coefficient (Wildman–Crippen LogP) is 4.35. The van der Waals surface area contributed by atoms with Crippen LogP contribution in [0.15, 0.2) is 71.9 Å². The summed E-state index contributed by atoms with van der Waals surface area (Å²) < 4.78 is 43.9. The summed E-state index contributed by atoms with van der Waals surface area (Å²) in [6.07, 6.45) is 6.33. The van der Waals surface area contributed by atoms with Gasteiger partial charge >= 0.3 is 0 Å². The molecular formula is C20H17FN2O2S. The molecule has 4 nitrogen and oxygen atoms in total. The second kappa shape index (κ2) is 6.46. The number of hydrogen-bond donors (Lipinski definition) is 1. The van der Waals surface area contributed by atoms with Crippen molar-refractivity contribution in [3.8, 4) is 5.69 Å². The van der Waals surface area contributed by atoms with E-state index >= 15 is 0 Å². The second-order valence-corrected chi connectivity index (χ2v) is 7.90. The van der Waals surface area contributed by atoms with Gasteiger partial charge in [-0.05, 0) is 60.4 Å². The maximum Gasteiger partial charge on any atom is 0.258 e. The van der Waals surface area contributed by atoms with Crippen molar-refractivity contribution in [2.24, 2.45) is 0 Å². The summed E-state index contributed by atoms with van der Waals surface area (Å²) in [7, 11) is -3.83. The SMILES string of the molecule is O=S(=O)(Nc1cc(-n2cccc2)ccc1F)C1=Cc2ccccc2CC1. The lowest BCUT2D eigenvalue weighted by atomic mass is 9.98. The molecule has 0 saturated carbocycles. The molecule has 4 rings (SSSR count). The van der Waals surface area contributed by atoms with E-state index in [9.17, 15) is 12.8 Å². The number of aromatic nitrogens is 1. The zero-order chi connectivity index (χ0) is 18.1. The van der Waals surface area contributed by atoms with E-state index in [4.69, 9.17) is 0 Å². The second-order valence-electron chi connectivity index (χ2n) is 6.17. The van der Waals surface area contributed by atoms with E-state index in [1.54, 1.807) is 16.7 Å². The first kappa shape index (κ1) is 16.6. The molecule has 0 saturated heterocycles. The first-order valence-corrected chi connectivity index (χ1v) is 9.75. The highest BCUT2D eigenvalue weighted by molar-refractivity contribution is 7.96. The Kier molecular flexibility index (Phi) is 4.12. The van der Waals surface area contributed by atoms with Crippen LogP contribution in [-0.4, -0.2) is 13.0 Å². The molecule has 1 N–H and O–H groups in total. The highest BCUT2D eigenvalue weighted by Gasteiger charge is 2.23. The molecule has 0 fully saturated rings. The lowest BCUT2D eigenvalue weighted by Crippen LogP contribution is -2.18. The van der Waals surface area contributed by atoms with Crippen LogP contribution in [0.5, 0.6) is 0 Å². The zero-order valence-corrected chi connectivity index (χ0v) is 14.7. The molecule has 1 aliphatic carbocycles. The van der Waals surface area contributed by atoms with Gasteiger partial charge in [0, 0.05) is 18.1 Å². The average Bonchev–Trinajstić information content (AvgIpc) is 3.18. The van der Waals surface area contributed by atoms with Gasteiger partial charge < -0.3 is 4.57 Å². The molecule has 0 atom stereocenters. The van der Waals surface area contributed by atoms with Crippen LogP contribution in [0.25, 0.3) is 11.8 Å². The van der Waals surface area contributed by atoms with Crippen LogP contribution >= 0.6 is 0 Å². The van der Waals surface area contributed by atoms with Crippen molar-refractivity contribution < 1.29 is 12.8 Å². The molecule has 0 unspecified atom stereocenters. The van der Waals surface area contributed by atoms with Gasteiger partial charge in [0.05, 0.1) is 10.6 Å². The minimum absolute atomic E-state index is 0.0593. The number of sulfonamides is 1. The number of benzene rings is 2. The number of halogens is 1. The summed E-state index contributed by atoms with van der Waals surface area (Å²) in [6, 6.07) is 15.7. The number of anilines is 1. The monoisotopic (exact) mass is 368 g/mol. The fraction of sp³-hybridized carbons (Fsp3) is 0.100. The summed E-state index contributed by atoms with van der Waals surface area (Å²) >= 11 is 0. The van der Waals surface area contributed by atoms with E-state index in [1.807, 2.05) is 48.8 Å². The summed E-state index contributed by atoms with van der Waals surface area (Å²) in [5, 5.41) is 0. The number of nitrogens with one attached hydrogen (secondary N) is 1. The number of hydrogen-bond acceptors (Lipinski definition) is 2. The Bertz CT molecular complexity index is 1090. The van der Waals surface area contributed by atoms with Crippen LogP contribution in [0.2, 0.25) is 0 Å². The minimum Gasteiger partial charge on any atom is -0.324 e. The first-order chi connectivity index (χ1) is 12.5. The van der Waals surface area contributed by atoms with Crippen molar-refractivity contribution in [2.45, 2.75) is 12.8 Å². The Morgan fingerprint density at radius 2 is 1.73 bits per heavy atom. The van der Waals surface area contributed by atoms with Gasteiger partial charge in [0.25, 0.3) is 10.0 Å². The van der Waals surface area contributed by atoms with E-state index < -0.39 is 15.8 Å². The molecule has 3 aromatic rings. The van der Waals surface area contributed by atoms with Gasteiger partial charge in [-0.2, -0.15) is 0 Å². The summed E-state index contributed by atoms with van der Waals surface area (Å²) in [5.74, 6) is -0.610. The van der Waals surface area contributed by atoms with Crippen molar-refractivity contribution in [2.75, 3.05) is 4.72 Å². The molecule has 6 heteroatoms. The van der Waals surface area contributed by atoms with Crippen LogP contribution < -0.4 is 4.72 Å². The van der Waals surface area contributed by atoms with Gasteiger partial charge in [0.2, 0.25) is 0 Å². The number of rotatable bonds is 4. The standard InChI is InChI=1S/C20H17FN2O2S/c21-19-10-8-17(23-11-3-4-12-23)14-20(19)22-26(24,25)18-9-7-15-5-1-2-6-16(15)13-18/h1-6,8,10-14,22H,7,9H2. The summed E-state index contributed by atoms with van der Waals surface area (Å²) in [6.45, 7) is 0. The van der Waals surface area contributed by atoms with E-state index in [0.717, 1.165) is 11.1 Å². The molecule has 0 amide bonds. The third-order valence-corrected chi connectivity index (χ3v) is 5.96. The normalized spacial score (nSPS) is 13.8. The topological polar surface area (TPSA) is 51.1 Å². The van der Waals surface area contributed by atoms with Crippen molar-refractivity contribution in [3.05, 3.63) is 88.8 Å². The average molecular weight is 368 g/mol. The van der Waals surface area contributed by atoms with Gasteiger partial charge in [-0.15, -0.1) is 0 Å². The Labute approximate surface area is 151 Å². The molecule has 2 aromatic carbocycles. The lowest BCUT2D eigenvalue weighted by molar-refractivity contribution is 0.602. The highest BCUT2D eigenvalue weighted by Crippen LogP contribution is 2.29. The maximum atomic E-state index is 14.2. The summed E-state index contributed by atoms with van der Waals surface area (Å²) in [4.78, 5) is 0.266. The molecule has 0 radical (unpaired) electrons. The number of fused-ring (bicyclic) bond motifs is 1. The van der Waals surface area contributed by atoms with Gasteiger partial charge in [0.1, 0.15) is 5.82 Å². The molecule has 0 aliphatic heterocycles. The van der Waals surface area contributed by atoms with E-state index in [0.29, 0.717) is 18.5 Å². The van der Waals surface area contributed by atoms with E-state index in [-0.39, 0.29) is 10.6 Å². The third-order valence-electron chi connectivity index (χ3n) is 4.45. The largest absolute Gasteiger partial charge is 0.324 e. The first-order valence-electron chi connectivity index (χ1n) is 8.27. The Morgan fingerprint density at radius 3 is 2.54 bits per heavy atom. The quantitative estimate of drug-likeness (QED) is 0.744. The Balaban J connectivity index is 1.67. The van der Waals surface area contributed by atoms with Crippen molar-refractivity contribution in [3.63, 3.8) is 0 Å². The molecule has 26 heavy (non-hydrogen) atoms. The Morgan fingerprint density at radius 1 is 0.962 bits per heavy atom. The molecule has 0 spiro atoms. The fourth-order valence-electron chi connectivity index (χ4n) is 3.09. The zero-order valence-electron chi connectivity index (χ0n) is 13.9. The van der Waals surface area contributed by atoms with Gasteiger partial charge in [-0.1, -0.05) is 24.3 Å². The smallest absolute Gasteiger partial charge is 0.258 e. The van der Waals surface area contributed by atoms with Crippen LogP contribution in [0.1, 0.15) is 17.5 Å². The maximum absolute atomic E-state index is 14.2. The molecule has 1 heterocycles. The fourth-order valence-corrected chi connectivity index (χ4v) is 4.32. The van der Waals surface area contributed by atoms with Crippen LogP contribution in [0, 0.1) is 5.82 Å². The molecule has 1 aliphatic rings. The van der Waals surface area contributed by atoms with Crippen molar-refractivity contribution in [1.29, 1.82) is 0 Å². The summed E-state index contributed by atoms with van der Waals surface area (Å²) in [5.41, 5.74) is 2.63. The molecule has 1 aromatic heterocycles. The number of nitrogens with zero attached hydrogens (tertiary/aromatic N) is 1. The van der Waals surface area contributed by atoms with E-state index in [2.05, 4.69) is 4.72 Å². The van der Waals surface area contributed by atoms with Crippen molar-refractivity contribution >= 4 is 21.8 Å². The lowest BCUT2D eigenvalue weighted by Gasteiger charge is -2.18. The van der Waals surface area contributed by atoms with Crippen LogP contribution in [-0.2, 0) is 16.4 Å². The molecule has 0 bridgehead atoms. The minimum atomic E-state index is -3.83. The number of allylic oxidation sites excluding steroid dienone is 1. The third kappa shape index (κ3) is 3.15. The van der Waals surface area contributed by atoms with Gasteiger partial charge in [0.15, 0.2) is 0 Å². The van der Waals surface area contributed by atoms with Crippen molar-refractivity contribution in [1.82, 2.24) is 4.57 Å². The molecular weight excluding hydrogens is 351 g/mol. The van der Waals surface area contributed by atoms with Gasteiger partial charge in [-0.3, -0.25) is 4.72 Å². The number of aryl methyl sites for hydroxylation is 1.